The lowest BCUT2D eigenvalue weighted by molar-refractivity contribution is -0.186. The molecule has 28 heavy (non-hydrogen) atoms. The number of methoxy groups -OCH3 is 1. The van der Waals surface area contributed by atoms with Gasteiger partial charge in [0.2, 0.25) is 0 Å². The molecule has 0 spiro atoms. The maximum Gasteiger partial charge on any atom is 0.303 e. The highest BCUT2D eigenvalue weighted by Crippen LogP contribution is 2.67. The van der Waals surface area contributed by atoms with Crippen molar-refractivity contribution in [3.63, 3.8) is 0 Å². The molecular formula is C24H32O4. The highest BCUT2D eigenvalue weighted by Gasteiger charge is 2.67. The number of Topliss-reactive ketones (excluding diaryl/α,β-unsaturated/α-hetero) is 1. The Balaban J connectivity index is 1.75. The molecule has 1 aromatic rings. The second-order valence-corrected chi connectivity index (χ2v) is 9.51. The van der Waals surface area contributed by atoms with Crippen molar-refractivity contribution in [2.45, 2.75) is 71.3 Å². The van der Waals surface area contributed by atoms with Crippen molar-refractivity contribution in [1.82, 2.24) is 0 Å². The molecule has 0 radical (unpaired) electrons. The lowest BCUT2D eigenvalue weighted by Gasteiger charge is -2.55. The van der Waals surface area contributed by atoms with Crippen molar-refractivity contribution >= 4 is 11.8 Å². The molecule has 1 aromatic carbocycles. The molecule has 0 N–H and O–H groups in total. The smallest absolute Gasteiger partial charge is 0.303 e. The summed E-state index contributed by atoms with van der Waals surface area (Å²) in [5, 5.41) is 0. The number of aryl methyl sites for hydroxylation is 1. The first-order chi connectivity index (χ1) is 13.2. The molecule has 152 valence electrons. The second-order valence-electron chi connectivity index (χ2n) is 9.51. The molecule has 4 rings (SSSR count). The van der Waals surface area contributed by atoms with Gasteiger partial charge in [0.25, 0.3) is 0 Å². The van der Waals surface area contributed by atoms with Crippen LogP contribution in [0.2, 0.25) is 0 Å². The molecule has 0 aromatic heterocycles. The normalized spacial score (nSPS) is 38.8. The molecule has 0 amide bonds. The lowest BCUT2D eigenvalue weighted by Crippen LogP contribution is -2.58. The van der Waals surface area contributed by atoms with Gasteiger partial charge in [-0.2, -0.15) is 0 Å². The predicted octanol–water partition coefficient (Wildman–Crippen LogP) is 4.69. The zero-order chi connectivity index (χ0) is 20.3. The van der Waals surface area contributed by atoms with Crippen LogP contribution in [-0.2, 0) is 20.7 Å². The Kier molecular flexibility index (Phi) is 4.59. The van der Waals surface area contributed by atoms with Crippen LogP contribution in [-0.4, -0.2) is 24.5 Å². The zero-order valence-electron chi connectivity index (χ0n) is 17.7. The minimum Gasteiger partial charge on any atom is -0.497 e. The SMILES string of the molecule is COc1ccc2c(c1)CCC1C2C(C)CC2(C)C1CCC2(OC(C)=O)C(C)=O. The van der Waals surface area contributed by atoms with Crippen LogP contribution in [0.3, 0.4) is 0 Å². The predicted molar refractivity (Wildman–Crippen MR) is 107 cm³/mol. The van der Waals surface area contributed by atoms with Gasteiger partial charge in [-0.25, -0.2) is 0 Å². The third-order valence-corrected chi connectivity index (χ3v) is 8.23. The van der Waals surface area contributed by atoms with Crippen molar-refractivity contribution in [2.24, 2.45) is 23.2 Å². The minimum atomic E-state index is -0.955. The Labute approximate surface area is 168 Å². The number of fused-ring (bicyclic) bond motifs is 5. The first-order valence-electron chi connectivity index (χ1n) is 10.6. The summed E-state index contributed by atoms with van der Waals surface area (Å²) in [7, 11) is 1.72. The summed E-state index contributed by atoms with van der Waals surface area (Å²) < 4.78 is 11.3. The number of hydrogen-bond acceptors (Lipinski definition) is 4. The average Bonchev–Trinajstić information content (AvgIpc) is 2.93. The van der Waals surface area contributed by atoms with Crippen LogP contribution in [0.4, 0.5) is 0 Å². The molecule has 0 saturated heterocycles. The largest absolute Gasteiger partial charge is 0.497 e. The second kappa shape index (κ2) is 6.60. The first kappa shape index (κ1) is 19.5. The van der Waals surface area contributed by atoms with Crippen molar-refractivity contribution in [3.05, 3.63) is 29.3 Å². The fourth-order valence-corrected chi connectivity index (χ4v) is 7.29. The van der Waals surface area contributed by atoms with Crippen LogP contribution in [0.15, 0.2) is 18.2 Å². The van der Waals surface area contributed by atoms with Crippen molar-refractivity contribution in [1.29, 1.82) is 0 Å². The molecule has 6 atom stereocenters. The molecule has 4 nitrogen and oxygen atoms in total. The molecule has 2 saturated carbocycles. The Morgan fingerprint density at radius 2 is 1.93 bits per heavy atom. The minimum absolute atomic E-state index is 0.0132. The zero-order valence-corrected chi connectivity index (χ0v) is 17.7. The summed E-state index contributed by atoms with van der Waals surface area (Å²) in [6, 6.07) is 6.53. The Hall–Kier alpha value is -1.84. The maximum atomic E-state index is 12.8. The Morgan fingerprint density at radius 3 is 2.57 bits per heavy atom. The summed E-state index contributed by atoms with van der Waals surface area (Å²) in [6.07, 6.45) is 4.71. The third-order valence-electron chi connectivity index (χ3n) is 8.23. The van der Waals surface area contributed by atoms with Gasteiger partial charge >= 0.3 is 5.97 Å². The van der Waals surface area contributed by atoms with E-state index in [4.69, 9.17) is 9.47 Å². The van der Waals surface area contributed by atoms with Crippen molar-refractivity contribution in [3.8, 4) is 5.75 Å². The van der Waals surface area contributed by atoms with E-state index in [1.807, 2.05) is 0 Å². The molecule has 6 unspecified atom stereocenters. The number of carbonyl (C=O) groups is 2. The van der Waals surface area contributed by atoms with Gasteiger partial charge in [0.1, 0.15) is 5.75 Å². The average molecular weight is 385 g/mol. The lowest BCUT2D eigenvalue weighted by atomic mass is 9.50. The van der Waals surface area contributed by atoms with Gasteiger partial charge in [-0.3, -0.25) is 9.59 Å². The van der Waals surface area contributed by atoms with Gasteiger partial charge in [0.15, 0.2) is 11.4 Å². The molecule has 3 aliphatic carbocycles. The standard InChI is InChI=1S/C24H32O4/c1-14-13-23(4)21(10-11-24(23,15(2)25)28-16(3)26)20-8-6-17-12-18(27-5)7-9-19(17)22(14)20/h7,9,12,14,20-22H,6,8,10-11,13H2,1-5H3. The van der Waals surface area contributed by atoms with Crippen LogP contribution >= 0.6 is 0 Å². The van der Waals surface area contributed by atoms with Crippen LogP contribution in [0.1, 0.15) is 70.4 Å². The maximum absolute atomic E-state index is 12.8. The van der Waals surface area contributed by atoms with E-state index in [0.717, 1.165) is 31.4 Å². The fraction of sp³-hybridized carbons (Fsp3) is 0.667. The van der Waals surface area contributed by atoms with Gasteiger partial charge in [-0.15, -0.1) is 0 Å². The Morgan fingerprint density at radius 1 is 1.18 bits per heavy atom. The van der Waals surface area contributed by atoms with E-state index in [1.54, 1.807) is 14.0 Å². The highest BCUT2D eigenvalue weighted by atomic mass is 16.6. The summed E-state index contributed by atoms with van der Waals surface area (Å²) in [5.41, 5.74) is 1.63. The van der Waals surface area contributed by atoms with Crippen LogP contribution in [0.5, 0.6) is 5.75 Å². The quantitative estimate of drug-likeness (QED) is 0.710. The van der Waals surface area contributed by atoms with E-state index >= 15 is 0 Å². The van der Waals surface area contributed by atoms with Crippen molar-refractivity contribution < 1.29 is 19.1 Å². The topological polar surface area (TPSA) is 52.6 Å². The van der Waals surface area contributed by atoms with Crippen molar-refractivity contribution in [2.75, 3.05) is 7.11 Å². The number of ether oxygens (including phenoxy) is 2. The molecule has 3 aliphatic rings. The number of ketones is 1. The van der Waals surface area contributed by atoms with E-state index in [2.05, 4.69) is 32.0 Å². The Bertz CT molecular complexity index is 815. The van der Waals surface area contributed by atoms with E-state index in [-0.39, 0.29) is 17.2 Å². The molecule has 0 aliphatic heterocycles. The summed E-state index contributed by atoms with van der Waals surface area (Å²) in [6.45, 7) is 7.57. The van der Waals surface area contributed by atoms with Crippen LogP contribution in [0, 0.1) is 23.2 Å². The van der Waals surface area contributed by atoms with Gasteiger partial charge in [-0.05, 0) is 86.0 Å². The van der Waals surface area contributed by atoms with Gasteiger partial charge < -0.3 is 9.47 Å². The molecule has 0 heterocycles. The summed E-state index contributed by atoms with van der Waals surface area (Å²) in [5.74, 6) is 2.49. The van der Waals surface area contributed by atoms with Gasteiger partial charge in [-0.1, -0.05) is 19.9 Å². The monoisotopic (exact) mass is 384 g/mol. The van der Waals surface area contributed by atoms with Gasteiger partial charge in [0, 0.05) is 12.3 Å². The van der Waals surface area contributed by atoms with E-state index in [0.29, 0.717) is 30.1 Å². The third kappa shape index (κ3) is 2.56. The number of esters is 1. The molecular weight excluding hydrogens is 352 g/mol. The summed E-state index contributed by atoms with van der Waals surface area (Å²) >= 11 is 0. The fourth-order valence-electron chi connectivity index (χ4n) is 7.29. The van der Waals surface area contributed by atoms with E-state index < -0.39 is 5.60 Å². The van der Waals surface area contributed by atoms with Crippen LogP contribution in [0.25, 0.3) is 0 Å². The van der Waals surface area contributed by atoms with Crippen LogP contribution < -0.4 is 4.74 Å². The molecule has 2 fully saturated rings. The first-order valence-corrected chi connectivity index (χ1v) is 10.6. The number of rotatable bonds is 3. The van der Waals surface area contributed by atoms with E-state index in [1.165, 1.54) is 18.1 Å². The number of carbonyl (C=O) groups excluding carboxylic acids is 2. The van der Waals surface area contributed by atoms with E-state index in [9.17, 15) is 9.59 Å². The van der Waals surface area contributed by atoms with Gasteiger partial charge in [0.05, 0.1) is 7.11 Å². The summed E-state index contributed by atoms with van der Waals surface area (Å²) in [4.78, 5) is 24.7. The number of hydrogen-bond donors (Lipinski definition) is 0. The highest BCUT2D eigenvalue weighted by molar-refractivity contribution is 5.89. The molecule has 4 heteroatoms. The number of benzene rings is 1. The molecule has 0 bridgehead atoms.